The number of piperazine rings is 1. The van der Waals surface area contributed by atoms with Crippen LogP contribution in [0.3, 0.4) is 0 Å². The maximum absolute atomic E-state index is 11.6. The van der Waals surface area contributed by atoms with Gasteiger partial charge in [-0.2, -0.15) is 11.8 Å². The first-order valence-corrected chi connectivity index (χ1v) is 8.56. The number of carbonyl (C=O) groups excluding carboxylic acids is 1. The average Bonchev–Trinajstić information content (AvgIpc) is 2.47. The molecule has 0 unspecified atom stereocenters. The lowest BCUT2D eigenvalue weighted by molar-refractivity contribution is 0.0914. The van der Waals surface area contributed by atoms with E-state index in [-0.39, 0.29) is 30.1 Å². The van der Waals surface area contributed by atoms with Crippen LogP contribution in [-0.2, 0) is 4.74 Å². The molecule has 0 atom stereocenters. The molecule has 1 aliphatic heterocycles. The summed E-state index contributed by atoms with van der Waals surface area (Å²) in [6.45, 7) is 8.97. The third kappa shape index (κ3) is 7.44. The van der Waals surface area contributed by atoms with E-state index >= 15 is 0 Å². The monoisotopic (exact) mass is 430 g/mol. The highest BCUT2D eigenvalue weighted by molar-refractivity contribution is 14.0. The summed E-state index contributed by atoms with van der Waals surface area (Å²) in [5.74, 6) is 1.97. The number of ether oxygens (including phenoxy) is 1. The van der Waals surface area contributed by atoms with Crippen LogP contribution in [0.25, 0.3) is 0 Å². The highest BCUT2D eigenvalue weighted by atomic mass is 127. The normalized spacial score (nSPS) is 15.5. The second-order valence-electron chi connectivity index (χ2n) is 4.40. The molecule has 1 heterocycles. The largest absolute Gasteiger partial charge is 0.450 e. The van der Waals surface area contributed by atoms with Crippen molar-refractivity contribution in [2.45, 2.75) is 13.8 Å². The van der Waals surface area contributed by atoms with Gasteiger partial charge in [0.1, 0.15) is 0 Å². The van der Waals surface area contributed by atoms with Gasteiger partial charge in [-0.25, -0.2) is 4.79 Å². The number of amides is 1. The predicted molar refractivity (Wildman–Crippen MR) is 99.9 cm³/mol. The van der Waals surface area contributed by atoms with Crippen molar-refractivity contribution in [3.05, 3.63) is 0 Å². The van der Waals surface area contributed by atoms with Crippen molar-refractivity contribution in [2.24, 2.45) is 4.99 Å². The Kier molecular flexibility index (Phi) is 12.0. The molecular formula is C13H27IN4O2S. The minimum absolute atomic E-state index is 0. The average molecular weight is 430 g/mol. The zero-order valence-electron chi connectivity index (χ0n) is 13.1. The summed E-state index contributed by atoms with van der Waals surface area (Å²) in [5.41, 5.74) is 0. The van der Waals surface area contributed by atoms with Crippen LogP contribution in [0.1, 0.15) is 13.8 Å². The molecule has 0 saturated carbocycles. The van der Waals surface area contributed by atoms with Crippen LogP contribution < -0.4 is 5.32 Å². The molecule has 8 heteroatoms. The molecule has 0 aromatic rings. The molecule has 0 bridgehead atoms. The van der Waals surface area contributed by atoms with E-state index in [2.05, 4.69) is 28.4 Å². The predicted octanol–water partition coefficient (Wildman–Crippen LogP) is 1.71. The number of rotatable bonds is 5. The zero-order chi connectivity index (χ0) is 14.8. The first-order valence-electron chi connectivity index (χ1n) is 7.16. The molecule has 21 heavy (non-hydrogen) atoms. The van der Waals surface area contributed by atoms with Crippen molar-refractivity contribution in [2.75, 3.05) is 57.9 Å². The number of hydrogen-bond acceptors (Lipinski definition) is 4. The zero-order valence-corrected chi connectivity index (χ0v) is 16.3. The molecule has 1 rings (SSSR count). The van der Waals surface area contributed by atoms with Gasteiger partial charge in [-0.1, -0.05) is 0 Å². The van der Waals surface area contributed by atoms with E-state index in [1.165, 1.54) is 0 Å². The number of halogens is 1. The molecule has 1 aliphatic rings. The number of hydrogen-bond donors (Lipinski definition) is 1. The van der Waals surface area contributed by atoms with Gasteiger partial charge in [-0.15, -0.1) is 24.0 Å². The first-order chi connectivity index (χ1) is 9.72. The molecule has 0 radical (unpaired) electrons. The van der Waals surface area contributed by atoms with E-state index in [4.69, 9.17) is 4.74 Å². The van der Waals surface area contributed by atoms with Gasteiger partial charge >= 0.3 is 6.09 Å². The molecule has 0 aromatic heterocycles. The summed E-state index contributed by atoms with van der Waals surface area (Å²) in [5, 5.41) is 3.31. The molecule has 1 amide bonds. The molecule has 1 N–H and O–H groups in total. The van der Waals surface area contributed by atoms with Crippen molar-refractivity contribution in [1.82, 2.24) is 15.1 Å². The summed E-state index contributed by atoms with van der Waals surface area (Å²) in [6, 6.07) is 0. The number of thioether (sulfide) groups is 1. The Balaban J connectivity index is 0.00000400. The Morgan fingerprint density at radius 3 is 2.38 bits per heavy atom. The van der Waals surface area contributed by atoms with Crippen molar-refractivity contribution in [3.63, 3.8) is 0 Å². The van der Waals surface area contributed by atoms with Gasteiger partial charge in [0.25, 0.3) is 0 Å². The molecular weight excluding hydrogens is 403 g/mol. The van der Waals surface area contributed by atoms with Gasteiger partial charge < -0.3 is 19.9 Å². The second-order valence-corrected chi connectivity index (χ2v) is 5.39. The maximum Gasteiger partial charge on any atom is 0.409 e. The highest BCUT2D eigenvalue weighted by Crippen LogP contribution is 2.04. The van der Waals surface area contributed by atoms with Crippen LogP contribution in [0.2, 0.25) is 0 Å². The minimum Gasteiger partial charge on any atom is -0.450 e. The Morgan fingerprint density at radius 2 is 1.86 bits per heavy atom. The van der Waals surface area contributed by atoms with Gasteiger partial charge in [-0.05, 0) is 20.1 Å². The Morgan fingerprint density at radius 1 is 1.24 bits per heavy atom. The summed E-state index contributed by atoms with van der Waals surface area (Å²) < 4.78 is 5.02. The Hall–Kier alpha value is -0.380. The third-order valence-electron chi connectivity index (χ3n) is 3.00. The lowest BCUT2D eigenvalue weighted by atomic mass is 10.3. The standard InChI is InChI=1S/C13H26N4O2S.HI/c1-4-14-12(15-6-11-20-3)16-7-9-17(10-8-16)13(18)19-5-2;/h4-11H2,1-3H3,(H,14,15);1H. The van der Waals surface area contributed by atoms with E-state index < -0.39 is 0 Å². The van der Waals surface area contributed by atoms with Crippen LogP contribution in [0.4, 0.5) is 4.79 Å². The van der Waals surface area contributed by atoms with Crippen molar-refractivity contribution < 1.29 is 9.53 Å². The summed E-state index contributed by atoms with van der Waals surface area (Å²) in [4.78, 5) is 20.2. The maximum atomic E-state index is 11.6. The van der Waals surface area contributed by atoms with Gasteiger partial charge in [0.15, 0.2) is 5.96 Å². The Labute approximate surface area is 149 Å². The van der Waals surface area contributed by atoms with Crippen molar-refractivity contribution >= 4 is 47.8 Å². The number of carbonyl (C=O) groups is 1. The van der Waals surface area contributed by atoms with Gasteiger partial charge in [0.2, 0.25) is 0 Å². The molecule has 0 aromatic carbocycles. The smallest absolute Gasteiger partial charge is 0.409 e. The first kappa shape index (κ1) is 20.6. The molecule has 1 saturated heterocycles. The quantitative estimate of drug-likeness (QED) is 0.312. The fraction of sp³-hybridized carbons (Fsp3) is 0.846. The fourth-order valence-electron chi connectivity index (χ4n) is 1.98. The molecule has 0 spiro atoms. The lowest BCUT2D eigenvalue weighted by Gasteiger charge is -2.35. The summed E-state index contributed by atoms with van der Waals surface area (Å²) in [6.07, 6.45) is 1.87. The van der Waals surface area contributed by atoms with Crippen LogP contribution in [0.15, 0.2) is 4.99 Å². The SMILES string of the molecule is CCNC(=NCCSC)N1CCN(C(=O)OCC)CC1.I. The second kappa shape index (κ2) is 12.2. The number of guanidine groups is 1. The van der Waals surface area contributed by atoms with Crippen LogP contribution in [0, 0.1) is 0 Å². The molecule has 6 nitrogen and oxygen atoms in total. The number of aliphatic imine (C=N–C) groups is 1. The van der Waals surface area contributed by atoms with E-state index in [1.807, 2.05) is 6.92 Å². The lowest BCUT2D eigenvalue weighted by Crippen LogP contribution is -2.54. The van der Waals surface area contributed by atoms with E-state index in [0.29, 0.717) is 19.7 Å². The minimum atomic E-state index is -0.212. The third-order valence-corrected chi connectivity index (χ3v) is 3.59. The topological polar surface area (TPSA) is 57.2 Å². The van der Waals surface area contributed by atoms with Crippen LogP contribution >= 0.6 is 35.7 Å². The number of nitrogens with zero attached hydrogens (tertiary/aromatic N) is 3. The van der Waals surface area contributed by atoms with E-state index in [1.54, 1.807) is 16.7 Å². The Bertz CT molecular complexity index is 323. The van der Waals surface area contributed by atoms with Gasteiger partial charge in [-0.3, -0.25) is 4.99 Å². The summed E-state index contributed by atoms with van der Waals surface area (Å²) in [7, 11) is 0. The molecule has 0 aliphatic carbocycles. The molecule has 124 valence electrons. The molecule has 1 fully saturated rings. The van der Waals surface area contributed by atoms with Crippen molar-refractivity contribution in [3.8, 4) is 0 Å². The van der Waals surface area contributed by atoms with Gasteiger partial charge in [0, 0.05) is 38.5 Å². The van der Waals surface area contributed by atoms with Crippen LogP contribution in [-0.4, -0.2) is 79.7 Å². The highest BCUT2D eigenvalue weighted by Gasteiger charge is 2.23. The fourth-order valence-corrected chi connectivity index (χ4v) is 2.26. The van der Waals surface area contributed by atoms with Gasteiger partial charge in [0.05, 0.1) is 13.2 Å². The van der Waals surface area contributed by atoms with E-state index in [9.17, 15) is 4.79 Å². The summed E-state index contributed by atoms with van der Waals surface area (Å²) >= 11 is 1.80. The van der Waals surface area contributed by atoms with E-state index in [0.717, 1.165) is 37.9 Å². The van der Waals surface area contributed by atoms with Crippen molar-refractivity contribution in [1.29, 1.82) is 0 Å². The van der Waals surface area contributed by atoms with Crippen LogP contribution in [0.5, 0.6) is 0 Å². The number of nitrogens with one attached hydrogen (secondary N) is 1.